The molecule has 1 aliphatic heterocycles. The Morgan fingerprint density at radius 3 is 2.29 bits per heavy atom. The quantitative estimate of drug-likeness (QED) is 0.299. The molecule has 0 bridgehead atoms. The van der Waals surface area contributed by atoms with Crippen LogP contribution in [-0.4, -0.2) is 41.2 Å². The summed E-state index contributed by atoms with van der Waals surface area (Å²) in [6, 6.07) is 8.59. The summed E-state index contributed by atoms with van der Waals surface area (Å²) in [5.41, 5.74) is 4.18. The number of carbonyl (C=O) groups excluding carboxylic acids is 3. The van der Waals surface area contributed by atoms with Crippen molar-refractivity contribution in [3.05, 3.63) is 47.0 Å². The molecule has 1 aromatic rings. The Morgan fingerprint density at radius 1 is 1.00 bits per heavy atom. The van der Waals surface area contributed by atoms with Gasteiger partial charge >= 0.3 is 12.1 Å². The van der Waals surface area contributed by atoms with Gasteiger partial charge in [-0.15, -0.1) is 4.41 Å². The van der Waals surface area contributed by atoms with Crippen LogP contribution in [0.1, 0.15) is 53.0 Å². The average molecular weight is 493 g/mol. The fraction of sp³-hybridized carbons (Fsp3) is 0.542. The molecule has 0 spiro atoms. The van der Waals surface area contributed by atoms with E-state index in [1.54, 1.807) is 16.7 Å². The van der Waals surface area contributed by atoms with E-state index in [1.165, 1.54) is 11.9 Å². The molecule has 3 N–H and O–H groups in total. The number of hydrogen-bond acceptors (Lipinski definition) is 8. The van der Waals surface area contributed by atoms with Gasteiger partial charge in [-0.2, -0.15) is 0 Å². The maximum Gasteiger partial charge on any atom is 0.408 e. The lowest BCUT2D eigenvalue weighted by atomic mass is 10.0. The highest BCUT2D eigenvalue weighted by molar-refractivity contribution is 8.00. The van der Waals surface area contributed by atoms with Gasteiger partial charge in [-0.25, -0.2) is 9.59 Å². The smallest absolute Gasteiger partial charge is 0.408 e. The first-order valence-corrected chi connectivity index (χ1v) is 12.4. The zero-order valence-corrected chi connectivity index (χ0v) is 21.3. The molecule has 34 heavy (non-hydrogen) atoms. The molecule has 2 atom stereocenters. The van der Waals surface area contributed by atoms with Crippen LogP contribution in [0.5, 0.6) is 0 Å². The number of nitrogens with one attached hydrogen (secondary N) is 3. The van der Waals surface area contributed by atoms with Crippen LogP contribution in [0.25, 0.3) is 0 Å². The lowest BCUT2D eigenvalue weighted by Crippen LogP contribution is -2.55. The monoisotopic (exact) mass is 492 g/mol. The predicted molar refractivity (Wildman–Crippen MR) is 132 cm³/mol. The van der Waals surface area contributed by atoms with Crippen molar-refractivity contribution >= 4 is 29.9 Å². The SMILES string of the molecule is CCOC(=O)C1=CSN(C(CC(C)C)NC(=O)C(CC(C)C)NC(=O)OCc2ccccc2)N1. The standard InChI is InChI=1S/C24H36N4O5S/c1-6-32-23(30)20-15-34-28(27-20)21(13-17(4)5)26-22(29)19(12-16(2)3)25-24(31)33-14-18-10-8-7-9-11-18/h7-11,15-17,19,21,27H,6,12-14H2,1-5H3,(H,25,31)(H,26,29). The molecular formula is C24H36N4O5S. The highest BCUT2D eigenvalue weighted by atomic mass is 32.2. The Balaban J connectivity index is 2.00. The maximum absolute atomic E-state index is 13.2. The van der Waals surface area contributed by atoms with Crippen molar-refractivity contribution in [2.75, 3.05) is 6.61 Å². The van der Waals surface area contributed by atoms with Crippen molar-refractivity contribution in [1.29, 1.82) is 0 Å². The second kappa shape index (κ2) is 13.9. The molecule has 10 heteroatoms. The lowest BCUT2D eigenvalue weighted by molar-refractivity contribution is -0.139. The Kier molecular flexibility index (Phi) is 11.2. The normalized spacial score (nSPS) is 15.3. The van der Waals surface area contributed by atoms with Gasteiger partial charge in [0.1, 0.15) is 24.5 Å². The van der Waals surface area contributed by atoms with E-state index in [-0.39, 0.29) is 31.0 Å². The van der Waals surface area contributed by atoms with Crippen LogP contribution in [0.15, 0.2) is 41.4 Å². The summed E-state index contributed by atoms with van der Waals surface area (Å²) in [5, 5.41) is 7.37. The topological polar surface area (TPSA) is 109 Å². The molecule has 0 saturated heterocycles. The number of carbonyl (C=O) groups is 3. The van der Waals surface area contributed by atoms with Crippen molar-refractivity contribution in [1.82, 2.24) is 20.5 Å². The Morgan fingerprint density at radius 2 is 1.68 bits per heavy atom. The number of benzene rings is 1. The third-order valence-corrected chi connectivity index (χ3v) is 5.74. The molecular weight excluding hydrogens is 456 g/mol. The highest BCUT2D eigenvalue weighted by Gasteiger charge is 2.31. The summed E-state index contributed by atoms with van der Waals surface area (Å²) < 4.78 is 12.1. The van der Waals surface area contributed by atoms with Gasteiger partial charge in [0, 0.05) is 5.41 Å². The molecule has 188 valence electrons. The highest BCUT2D eigenvalue weighted by Crippen LogP contribution is 2.25. The number of alkyl carbamates (subject to hydrolysis) is 1. The number of rotatable bonds is 12. The molecule has 2 amide bonds. The number of hydrazine groups is 1. The summed E-state index contributed by atoms with van der Waals surface area (Å²) in [6.45, 7) is 10.2. The van der Waals surface area contributed by atoms with Crippen LogP contribution in [0.3, 0.4) is 0 Å². The second-order valence-corrected chi connectivity index (χ2v) is 9.68. The molecule has 0 aromatic heterocycles. The van der Waals surface area contributed by atoms with E-state index in [2.05, 4.69) is 16.1 Å². The van der Waals surface area contributed by atoms with Gasteiger partial charge in [-0.05, 0) is 49.1 Å². The van der Waals surface area contributed by atoms with Gasteiger partial charge in [-0.3, -0.25) is 4.79 Å². The van der Waals surface area contributed by atoms with Crippen molar-refractivity contribution in [3.63, 3.8) is 0 Å². The van der Waals surface area contributed by atoms with Gasteiger partial charge < -0.3 is 25.5 Å². The van der Waals surface area contributed by atoms with Gasteiger partial charge in [-0.1, -0.05) is 58.0 Å². The fourth-order valence-corrected chi connectivity index (χ4v) is 4.07. The molecule has 0 fully saturated rings. The minimum atomic E-state index is -0.761. The fourth-order valence-electron chi connectivity index (χ4n) is 3.27. The summed E-state index contributed by atoms with van der Waals surface area (Å²) in [6.07, 6.45) is 0.0123. The van der Waals surface area contributed by atoms with Crippen LogP contribution in [0, 0.1) is 11.8 Å². The molecule has 0 saturated carbocycles. The number of hydrogen-bond donors (Lipinski definition) is 3. The zero-order chi connectivity index (χ0) is 25.1. The minimum absolute atomic E-state index is 0.120. The first-order valence-electron chi connectivity index (χ1n) is 11.6. The largest absolute Gasteiger partial charge is 0.461 e. The van der Waals surface area contributed by atoms with E-state index in [4.69, 9.17) is 9.47 Å². The molecule has 0 radical (unpaired) electrons. The molecule has 1 aromatic carbocycles. The van der Waals surface area contributed by atoms with Crippen LogP contribution in [0.4, 0.5) is 4.79 Å². The van der Waals surface area contributed by atoms with Crippen LogP contribution in [-0.2, 0) is 25.7 Å². The summed E-state index contributed by atoms with van der Waals surface area (Å²) in [7, 11) is 0. The number of esters is 1. The van der Waals surface area contributed by atoms with E-state index >= 15 is 0 Å². The molecule has 1 heterocycles. The van der Waals surface area contributed by atoms with E-state index < -0.39 is 24.3 Å². The van der Waals surface area contributed by atoms with E-state index in [0.717, 1.165) is 5.56 Å². The summed E-state index contributed by atoms with van der Waals surface area (Å²) >= 11 is 1.27. The molecule has 1 aliphatic rings. The second-order valence-electron chi connectivity index (χ2n) is 8.84. The lowest BCUT2D eigenvalue weighted by Gasteiger charge is -2.31. The first-order chi connectivity index (χ1) is 16.2. The minimum Gasteiger partial charge on any atom is -0.461 e. The van der Waals surface area contributed by atoms with Crippen molar-refractivity contribution < 1.29 is 23.9 Å². The van der Waals surface area contributed by atoms with E-state index in [1.807, 2.05) is 58.0 Å². The Labute approximate surface area is 206 Å². The predicted octanol–water partition coefficient (Wildman–Crippen LogP) is 3.69. The van der Waals surface area contributed by atoms with E-state index in [9.17, 15) is 14.4 Å². The van der Waals surface area contributed by atoms with Crippen LogP contribution < -0.4 is 16.1 Å². The van der Waals surface area contributed by atoms with Crippen molar-refractivity contribution in [2.24, 2.45) is 11.8 Å². The molecule has 0 aliphatic carbocycles. The maximum atomic E-state index is 13.2. The Hall–Kier alpha value is -2.72. The third-order valence-electron chi connectivity index (χ3n) is 4.83. The molecule has 2 unspecified atom stereocenters. The summed E-state index contributed by atoms with van der Waals surface area (Å²) in [5.74, 6) is -0.326. The van der Waals surface area contributed by atoms with E-state index in [0.29, 0.717) is 18.5 Å². The Bertz CT molecular complexity index is 847. The van der Waals surface area contributed by atoms with Crippen LogP contribution >= 0.6 is 11.9 Å². The molecule has 2 rings (SSSR count). The first kappa shape index (κ1) is 27.5. The van der Waals surface area contributed by atoms with Gasteiger partial charge in [0.15, 0.2) is 0 Å². The number of ether oxygens (including phenoxy) is 2. The van der Waals surface area contributed by atoms with Gasteiger partial charge in [0.05, 0.1) is 6.61 Å². The summed E-state index contributed by atoms with van der Waals surface area (Å²) in [4.78, 5) is 37.6. The molecule has 9 nitrogen and oxygen atoms in total. The number of nitrogens with zero attached hydrogens (tertiary/aromatic N) is 1. The average Bonchev–Trinajstić information content (AvgIpc) is 3.27. The van der Waals surface area contributed by atoms with Crippen LogP contribution in [0.2, 0.25) is 0 Å². The zero-order valence-electron chi connectivity index (χ0n) is 20.5. The van der Waals surface area contributed by atoms with Gasteiger partial charge in [0.2, 0.25) is 5.91 Å². The van der Waals surface area contributed by atoms with Crippen molar-refractivity contribution in [3.8, 4) is 0 Å². The number of amides is 2. The van der Waals surface area contributed by atoms with Crippen molar-refractivity contribution in [2.45, 2.75) is 66.3 Å². The third kappa shape index (κ3) is 9.26. The van der Waals surface area contributed by atoms with Gasteiger partial charge in [0.25, 0.3) is 0 Å².